The smallest absolute Gasteiger partial charge is 0.305 e. The van der Waals surface area contributed by atoms with E-state index in [-0.39, 0.29) is 56.2 Å². The van der Waals surface area contributed by atoms with Gasteiger partial charge in [-0.25, -0.2) is 0 Å². The van der Waals surface area contributed by atoms with Crippen LogP contribution >= 0.6 is 15.9 Å². The zero-order valence-electron chi connectivity index (χ0n) is 17.0. The van der Waals surface area contributed by atoms with Gasteiger partial charge in [0.1, 0.15) is 0 Å². The minimum Gasteiger partial charge on any atom is -0.466 e. The third-order valence-electron chi connectivity index (χ3n) is 5.36. The molecule has 2 aromatic carbocycles. The van der Waals surface area contributed by atoms with Gasteiger partial charge in [0.05, 0.1) is 28.9 Å². The van der Waals surface area contributed by atoms with Gasteiger partial charge in [-0.05, 0) is 43.2 Å². The molecule has 0 aromatic heterocycles. The summed E-state index contributed by atoms with van der Waals surface area (Å²) in [7, 11) is 0. The number of nitrogens with zero attached hydrogens (tertiary/aromatic N) is 2. The SMILES string of the molecule is O=C(CCCN1C(=O)c2ccccc2C1=O)OCCCN1C(=O)c2ccc(Br)cc2C1=O. The molecule has 0 radical (unpaired) electrons. The first-order valence-electron chi connectivity index (χ1n) is 10.1. The average Bonchev–Trinajstić information content (AvgIpc) is 3.16. The van der Waals surface area contributed by atoms with E-state index in [9.17, 15) is 24.0 Å². The van der Waals surface area contributed by atoms with Crippen LogP contribution in [0.1, 0.15) is 60.7 Å². The number of amides is 4. The molecule has 4 amide bonds. The Morgan fingerprint density at radius 2 is 1.28 bits per heavy atom. The fraction of sp³-hybridized carbons (Fsp3) is 0.261. The van der Waals surface area contributed by atoms with E-state index >= 15 is 0 Å². The van der Waals surface area contributed by atoms with Gasteiger partial charge in [-0.1, -0.05) is 28.1 Å². The molecule has 0 saturated heterocycles. The predicted molar refractivity (Wildman–Crippen MR) is 116 cm³/mol. The highest BCUT2D eigenvalue weighted by Gasteiger charge is 2.36. The van der Waals surface area contributed by atoms with Crippen molar-refractivity contribution in [2.75, 3.05) is 19.7 Å². The number of halogens is 1. The third-order valence-corrected chi connectivity index (χ3v) is 5.86. The van der Waals surface area contributed by atoms with Crippen LogP contribution in [0.5, 0.6) is 0 Å². The third kappa shape index (κ3) is 4.08. The first-order valence-corrected chi connectivity index (χ1v) is 10.9. The maximum absolute atomic E-state index is 12.4. The maximum Gasteiger partial charge on any atom is 0.305 e. The first-order chi connectivity index (χ1) is 15.4. The molecule has 0 saturated carbocycles. The van der Waals surface area contributed by atoms with Crippen molar-refractivity contribution >= 4 is 45.5 Å². The number of fused-ring (bicyclic) bond motifs is 2. The average molecular weight is 499 g/mol. The van der Waals surface area contributed by atoms with Crippen LogP contribution in [0.4, 0.5) is 0 Å². The van der Waals surface area contributed by atoms with Gasteiger partial charge < -0.3 is 4.74 Å². The lowest BCUT2D eigenvalue weighted by atomic mass is 10.1. The van der Waals surface area contributed by atoms with E-state index in [0.717, 1.165) is 14.3 Å². The van der Waals surface area contributed by atoms with Gasteiger partial charge in [-0.15, -0.1) is 0 Å². The Bertz CT molecular complexity index is 1110. The summed E-state index contributed by atoms with van der Waals surface area (Å²) in [6, 6.07) is 11.5. The number of rotatable bonds is 8. The summed E-state index contributed by atoms with van der Waals surface area (Å²) in [4.78, 5) is 63.6. The van der Waals surface area contributed by atoms with Crippen molar-refractivity contribution in [3.8, 4) is 0 Å². The highest BCUT2D eigenvalue weighted by Crippen LogP contribution is 2.26. The summed E-state index contributed by atoms with van der Waals surface area (Å²) in [6.45, 7) is 0.335. The fourth-order valence-electron chi connectivity index (χ4n) is 3.77. The number of benzene rings is 2. The lowest BCUT2D eigenvalue weighted by molar-refractivity contribution is -0.143. The van der Waals surface area contributed by atoms with Crippen molar-refractivity contribution in [3.63, 3.8) is 0 Å². The molecule has 4 rings (SSSR count). The van der Waals surface area contributed by atoms with Gasteiger partial charge in [0, 0.05) is 24.0 Å². The quantitative estimate of drug-likeness (QED) is 0.315. The molecule has 2 heterocycles. The molecule has 0 spiro atoms. The predicted octanol–water partition coefficient (Wildman–Crippen LogP) is 3.05. The summed E-state index contributed by atoms with van der Waals surface area (Å²) in [5.74, 6) is -1.89. The van der Waals surface area contributed by atoms with Gasteiger partial charge in [0.2, 0.25) is 0 Å². The summed E-state index contributed by atoms with van der Waals surface area (Å²) in [5, 5.41) is 0. The number of hydrogen-bond donors (Lipinski definition) is 0. The Hall–Kier alpha value is -3.33. The van der Waals surface area contributed by atoms with Gasteiger partial charge in [-0.2, -0.15) is 0 Å². The molecule has 2 aromatic rings. The van der Waals surface area contributed by atoms with Gasteiger partial charge in [0.25, 0.3) is 23.6 Å². The molecule has 164 valence electrons. The van der Waals surface area contributed by atoms with Crippen LogP contribution in [0.3, 0.4) is 0 Å². The Morgan fingerprint density at radius 1 is 0.750 bits per heavy atom. The zero-order chi connectivity index (χ0) is 22.8. The Morgan fingerprint density at radius 3 is 1.91 bits per heavy atom. The normalized spacial score (nSPS) is 14.8. The van der Waals surface area contributed by atoms with Crippen molar-refractivity contribution in [2.45, 2.75) is 19.3 Å². The van der Waals surface area contributed by atoms with E-state index in [2.05, 4.69) is 15.9 Å². The van der Waals surface area contributed by atoms with E-state index < -0.39 is 5.97 Å². The van der Waals surface area contributed by atoms with Crippen molar-refractivity contribution in [1.82, 2.24) is 9.80 Å². The van der Waals surface area contributed by atoms with Crippen LogP contribution in [-0.4, -0.2) is 59.1 Å². The molecule has 8 nitrogen and oxygen atoms in total. The van der Waals surface area contributed by atoms with Crippen molar-refractivity contribution in [1.29, 1.82) is 0 Å². The Balaban J connectivity index is 1.18. The number of ether oxygens (including phenoxy) is 1. The fourth-order valence-corrected chi connectivity index (χ4v) is 4.13. The van der Waals surface area contributed by atoms with Crippen LogP contribution in [0.25, 0.3) is 0 Å². The van der Waals surface area contributed by atoms with Crippen LogP contribution in [0, 0.1) is 0 Å². The highest BCUT2D eigenvalue weighted by molar-refractivity contribution is 9.10. The largest absolute Gasteiger partial charge is 0.466 e. The van der Waals surface area contributed by atoms with E-state index in [1.165, 1.54) is 0 Å². The van der Waals surface area contributed by atoms with Gasteiger partial charge >= 0.3 is 5.97 Å². The summed E-state index contributed by atoms with van der Waals surface area (Å²) in [5.41, 5.74) is 1.47. The highest BCUT2D eigenvalue weighted by atomic mass is 79.9. The minimum atomic E-state index is -0.465. The van der Waals surface area contributed by atoms with E-state index in [1.807, 2.05) is 0 Å². The molecular formula is C23H19BrN2O6. The monoisotopic (exact) mass is 498 g/mol. The van der Waals surface area contributed by atoms with Crippen LogP contribution in [0.2, 0.25) is 0 Å². The molecule has 0 bridgehead atoms. The standard InChI is InChI=1S/C23H19BrN2O6/c24-14-8-9-17-18(13-14)23(31)26(22(17)30)11-4-12-32-19(27)7-3-10-25-20(28)15-5-1-2-6-16(15)21(25)29/h1-2,5-6,8-9,13H,3-4,7,10-12H2. The maximum atomic E-state index is 12.4. The molecule has 0 atom stereocenters. The Labute approximate surface area is 192 Å². The van der Waals surface area contributed by atoms with E-state index in [0.29, 0.717) is 28.7 Å². The van der Waals surface area contributed by atoms with Crippen LogP contribution in [0.15, 0.2) is 46.9 Å². The molecule has 2 aliphatic heterocycles. The lowest BCUT2D eigenvalue weighted by Gasteiger charge is -2.14. The second-order valence-electron chi connectivity index (χ2n) is 7.44. The first kappa shape index (κ1) is 21.9. The summed E-state index contributed by atoms with van der Waals surface area (Å²) >= 11 is 3.29. The topological polar surface area (TPSA) is 101 Å². The Kier molecular flexibility index (Phi) is 6.18. The number of imide groups is 2. The lowest BCUT2D eigenvalue weighted by Crippen LogP contribution is -2.31. The van der Waals surface area contributed by atoms with E-state index in [1.54, 1.807) is 42.5 Å². The molecule has 0 unspecified atom stereocenters. The molecule has 2 aliphatic rings. The molecular weight excluding hydrogens is 480 g/mol. The van der Waals surface area contributed by atoms with Crippen molar-refractivity contribution in [2.24, 2.45) is 0 Å². The van der Waals surface area contributed by atoms with Gasteiger partial charge in [0.15, 0.2) is 0 Å². The van der Waals surface area contributed by atoms with E-state index in [4.69, 9.17) is 4.74 Å². The van der Waals surface area contributed by atoms with Crippen LogP contribution < -0.4 is 0 Å². The van der Waals surface area contributed by atoms with Crippen LogP contribution in [-0.2, 0) is 9.53 Å². The van der Waals surface area contributed by atoms with Crippen molar-refractivity contribution in [3.05, 3.63) is 69.2 Å². The number of esters is 1. The number of carbonyl (C=O) groups excluding carboxylic acids is 5. The van der Waals surface area contributed by atoms with Gasteiger partial charge in [-0.3, -0.25) is 33.8 Å². The number of carbonyl (C=O) groups is 5. The zero-order valence-corrected chi connectivity index (χ0v) is 18.6. The van der Waals surface area contributed by atoms with Crippen molar-refractivity contribution < 1.29 is 28.7 Å². The molecule has 0 N–H and O–H groups in total. The molecule has 0 fully saturated rings. The summed E-state index contributed by atoms with van der Waals surface area (Å²) < 4.78 is 5.88. The molecule has 9 heteroatoms. The number of hydrogen-bond acceptors (Lipinski definition) is 6. The molecule has 0 aliphatic carbocycles. The minimum absolute atomic E-state index is 0.0500. The summed E-state index contributed by atoms with van der Waals surface area (Å²) in [6.07, 6.45) is 0.656. The molecule has 32 heavy (non-hydrogen) atoms. The second kappa shape index (κ2) is 9.04. The second-order valence-corrected chi connectivity index (χ2v) is 8.35.